The second-order valence-electron chi connectivity index (χ2n) is 5.28. The Kier molecular flexibility index (Phi) is 4.70. The molecule has 8 heteroatoms. The highest BCUT2D eigenvalue weighted by Gasteiger charge is 2.30. The highest BCUT2D eigenvalue weighted by molar-refractivity contribution is 7.89. The molecular formula is C13H21N3O4S. The van der Waals surface area contributed by atoms with Crippen molar-refractivity contribution in [3.63, 3.8) is 0 Å². The van der Waals surface area contributed by atoms with Gasteiger partial charge in [-0.2, -0.15) is 4.31 Å². The third kappa shape index (κ3) is 3.12. The van der Waals surface area contributed by atoms with E-state index in [-0.39, 0.29) is 23.3 Å². The number of aliphatic hydroxyl groups excluding tert-OH is 1. The fraction of sp³-hybridized carbons (Fsp3) is 0.615. The molecular weight excluding hydrogens is 294 g/mol. The number of piperidine rings is 1. The van der Waals surface area contributed by atoms with Crippen molar-refractivity contribution in [2.75, 3.05) is 26.7 Å². The first-order valence-corrected chi connectivity index (χ1v) is 8.33. The number of hydrogen-bond acceptors (Lipinski definition) is 4. The number of aromatic nitrogens is 1. The highest BCUT2D eigenvalue weighted by Crippen LogP contribution is 2.24. The molecule has 0 bridgehead atoms. The molecule has 118 valence electrons. The number of carbonyl (C=O) groups is 1. The number of aryl methyl sites for hydroxylation is 1. The van der Waals surface area contributed by atoms with Crippen molar-refractivity contribution in [1.29, 1.82) is 0 Å². The molecule has 2 heterocycles. The number of hydrogen-bond donors (Lipinski definition) is 2. The van der Waals surface area contributed by atoms with Crippen LogP contribution in [0.3, 0.4) is 0 Å². The lowest BCUT2D eigenvalue weighted by Crippen LogP contribution is -2.39. The van der Waals surface area contributed by atoms with Crippen molar-refractivity contribution >= 4 is 15.9 Å². The third-order valence-electron chi connectivity index (χ3n) is 3.91. The molecule has 0 aromatic carbocycles. The van der Waals surface area contributed by atoms with Crippen LogP contribution in [0.5, 0.6) is 0 Å². The fourth-order valence-corrected chi connectivity index (χ4v) is 4.05. The highest BCUT2D eigenvalue weighted by atomic mass is 32.2. The molecule has 1 aromatic rings. The maximum Gasteiger partial charge on any atom is 0.267 e. The number of carbonyl (C=O) groups excluding carboxylic acids is 1. The molecule has 0 radical (unpaired) electrons. The van der Waals surface area contributed by atoms with Crippen LogP contribution < -0.4 is 5.32 Å². The van der Waals surface area contributed by atoms with E-state index in [0.29, 0.717) is 31.6 Å². The quantitative estimate of drug-likeness (QED) is 0.803. The van der Waals surface area contributed by atoms with E-state index in [1.54, 1.807) is 7.05 Å². The maximum absolute atomic E-state index is 12.6. The van der Waals surface area contributed by atoms with Gasteiger partial charge in [-0.15, -0.1) is 0 Å². The summed E-state index contributed by atoms with van der Waals surface area (Å²) in [5.41, 5.74) is 0.307. The number of aliphatic hydroxyl groups is 1. The SMILES string of the molecule is CNC(=O)c1cc(S(=O)(=O)N2CCC(CO)CC2)cn1C. The zero-order valence-electron chi connectivity index (χ0n) is 12.2. The summed E-state index contributed by atoms with van der Waals surface area (Å²) in [5, 5.41) is 11.6. The Morgan fingerprint density at radius 3 is 2.57 bits per heavy atom. The molecule has 1 fully saturated rings. The van der Waals surface area contributed by atoms with Gasteiger partial charge in [0.15, 0.2) is 0 Å². The molecule has 1 aliphatic rings. The summed E-state index contributed by atoms with van der Waals surface area (Å²) in [5.74, 6) is -0.147. The van der Waals surface area contributed by atoms with Crippen LogP contribution in [-0.4, -0.2) is 55.0 Å². The van der Waals surface area contributed by atoms with Crippen molar-refractivity contribution in [1.82, 2.24) is 14.2 Å². The normalized spacial score (nSPS) is 17.9. The van der Waals surface area contributed by atoms with Gasteiger partial charge in [0.1, 0.15) is 10.6 Å². The van der Waals surface area contributed by atoms with Gasteiger partial charge in [0.25, 0.3) is 5.91 Å². The van der Waals surface area contributed by atoms with Gasteiger partial charge in [-0.25, -0.2) is 8.42 Å². The van der Waals surface area contributed by atoms with Gasteiger partial charge in [-0.3, -0.25) is 4.79 Å². The number of amides is 1. The van der Waals surface area contributed by atoms with Gasteiger partial charge in [-0.05, 0) is 24.8 Å². The van der Waals surface area contributed by atoms with E-state index >= 15 is 0 Å². The number of sulfonamides is 1. The molecule has 1 amide bonds. The van der Waals surface area contributed by atoms with Crippen molar-refractivity contribution in [3.05, 3.63) is 18.0 Å². The van der Waals surface area contributed by atoms with Crippen molar-refractivity contribution < 1.29 is 18.3 Å². The third-order valence-corrected chi connectivity index (χ3v) is 5.77. The largest absolute Gasteiger partial charge is 0.396 e. The Morgan fingerprint density at radius 2 is 2.05 bits per heavy atom. The average Bonchev–Trinajstić information content (AvgIpc) is 2.89. The Balaban J connectivity index is 2.22. The Bertz CT molecular complexity index is 615. The zero-order valence-corrected chi connectivity index (χ0v) is 13.1. The number of rotatable bonds is 4. The smallest absolute Gasteiger partial charge is 0.267 e. The minimum atomic E-state index is -3.59. The molecule has 0 unspecified atom stereocenters. The van der Waals surface area contributed by atoms with Gasteiger partial charge in [0.2, 0.25) is 10.0 Å². The molecule has 0 atom stereocenters. The van der Waals surface area contributed by atoms with Crippen molar-refractivity contribution in [2.45, 2.75) is 17.7 Å². The second-order valence-corrected chi connectivity index (χ2v) is 7.22. The van der Waals surface area contributed by atoms with Gasteiger partial charge < -0.3 is 15.0 Å². The molecule has 2 rings (SSSR count). The van der Waals surface area contributed by atoms with Crippen LogP contribution in [0.4, 0.5) is 0 Å². The van der Waals surface area contributed by atoms with Crippen molar-refractivity contribution in [2.24, 2.45) is 13.0 Å². The Morgan fingerprint density at radius 1 is 1.43 bits per heavy atom. The molecule has 0 aliphatic carbocycles. The van der Waals surface area contributed by atoms with Crippen LogP contribution in [0.25, 0.3) is 0 Å². The molecule has 0 spiro atoms. The van der Waals surface area contributed by atoms with E-state index in [4.69, 9.17) is 5.11 Å². The topological polar surface area (TPSA) is 91.6 Å². The first-order chi connectivity index (χ1) is 9.90. The Hall–Kier alpha value is -1.38. The predicted octanol–water partition coefficient (Wildman–Crippen LogP) is -0.222. The molecule has 21 heavy (non-hydrogen) atoms. The van der Waals surface area contributed by atoms with Crippen LogP contribution in [0.1, 0.15) is 23.3 Å². The maximum atomic E-state index is 12.6. The number of nitrogens with one attached hydrogen (secondary N) is 1. The standard InChI is InChI=1S/C13H21N3O4S/c1-14-13(18)12-7-11(8-15(12)2)21(19,20)16-5-3-10(9-17)4-6-16/h7-8,10,17H,3-6,9H2,1-2H3,(H,14,18). The molecule has 7 nitrogen and oxygen atoms in total. The number of nitrogens with zero attached hydrogens (tertiary/aromatic N) is 2. The van der Waals surface area contributed by atoms with Gasteiger partial charge in [0, 0.05) is 40.0 Å². The van der Waals surface area contributed by atoms with E-state index in [2.05, 4.69) is 5.32 Å². The summed E-state index contributed by atoms with van der Waals surface area (Å²) in [6.45, 7) is 0.898. The van der Waals surface area contributed by atoms with E-state index in [1.807, 2.05) is 0 Å². The zero-order chi connectivity index (χ0) is 15.6. The summed E-state index contributed by atoms with van der Waals surface area (Å²) in [6.07, 6.45) is 2.77. The van der Waals surface area contributed by atoms with Crippen LogP contribution in [0.15, 0.2) is 17.2 Å². The monoisotopic (exact) mass is 315 g/mol. The fourth-order valence-electron chi connectivity index (χ4n) is 2.51. The summed E-state index contributed by atoms with van der Waals surface area (Å²) < 4.78 is 28.1. The molecule has 1 saturated heterocycles. The first-order valence-electron chi connectivity index (χ1n) is 6.89. The lowest BCUT2D eigenvalue weighted by atomic mass is 10.00. The lowest BCUT2D eigenvalue weighted by Gasteiger charge is -2.29. The summed E-state index contributed by atoms with van der Waals surface area (Å²) >= 11 is 0. The van der Waals surface area contributed by atoms with E-state index < -0.39 is 10.0 Å². The van der Waals surface area contributed by atoms with Gasteiger partial charge in [-0.1, -0.05) is 0 Å². The van der Waals surface area contributed by atoms with Crippen LogP contribution in [-0.2, 0) is 17.1 Å². The Labute approximate surface area is 124 Å². The molecule has 0 saturated carbocycles. The lowest BCUT2D eigenvalue weighted by molar-refractivity contribution is 0.0955. The molecule has 2 N–H and O–H groups in total. The predicted molar refractivity (Wildman–Crippen MR) is 77.4 cm³/mol. The van der Waals surface area contributed by atoms with Crippen LogP contribution in [0.2, 0.25) is 0 Å². The average molecular weight is 315 g/mol. The van der Waals surface area contributed by atoms with Gasteiger partial charge in [0.05, 0.1) is 0 Å². The van der Waals surface area contributed by atoms with Crippen molar-refractivity contribution in [3.8, 4) is 0 Å². The summed E-state index contributed by atoms with van der Waals surface area (Å²) in [6, 6.07) is 1.40. The summed E-state index contributed by atoms with van der Waals surface area (Å²) in [7, 11) is -0.443. The summed E-state index contributed by atoms with van der Waals surface area (Å²) in [4.78, 5) is 11.8. The van der Waals surface area contributed by atoms with E-state index in [9.17, 15) is 13.2 Å². The van der Waals surface area contributed by atoms with Crippen LogP contribution >= 0.6 is 0 Å². The minimum absolute atomic E-state index is 0.0973. The second kappa shape index (κ2) is 6.17. The van der Waals surface area contributed by atoms with Gasteiger partial charge >= 0.3 is 0 Å². The minimum Gasteiger partial charge on any atom is -0.396 e. The molecule has 1 aliphatic heterocycles. The van der Waals surface area contributed by atoms with E-state index in [0.717, 1.165) is 0 Å². The molecule has 1 aromatic heterocycles. The van der Waals surface area contributed by atoms with Crippen LogP contribution in [0, 0.1) is 5.92 Å². The first kappa shape index (κ1) is 16.0. The van der Waals surface area contributed by atoms with E-state index in [1.165, 1.54) is 28.2 Å².